The number of fused-ring (bicyclic) bond motifs is 1. The van der Waals surface area contributed by atoms with Gasteiger partial charge in [-0.3, -0.25) is 14.9 Å². The zero-order chi connectivity index (χ0) is 16.6. The SMILES string of the molecule is COc1ccc(C)cc1C(=O)N1CCc2cccc([N+](=O)[O-])c21. The first-order valence-electron chi connectivity index (χ1n) is 7.25. The van der Waals surface area contributed by atoms with Crippen molar-refractivity contribution < 1.29 is 14.5 Å². The molecule has 23 heavy (non-hydrogen) atoms. The predicted octanol–water partition coefficient (Wildman–Crippen LogP) is 3.11. The molecular formula is C17H16N2O4. The van der Waals surface area contributed by atoms with Crippen LogP contribution in [-0.2, 0) is 6.42 Å². The van der Waals surface area contributed by atoms with E-state index in [2.05, 4.69) is 0 Å². The van der Waals surface area contributed by atoms with Crippen LogP contribution < -0.4 is 9.64 Å². The summed E-state index contributed by atoms with van der Waals surface area (Å²) >= 11 is 0. The summed E-state index contributed by atoms with van der Waals surface area (Å²) in [4.78, 5) is 25.3. The number of nitrogens with zero attached hydrogens (tertiary/aromatic N) is 2. The maximum atomic E-state index is 12.9. The summed E-state index contributed by atoms with van der Waals surface area (Å²) in [6.07, 6.45) is 0.608. The van der Waals surface area contributed by atoms with Gasteiger partial charge in [-0.05, 0) is 31.0 Å². The molecule has 2 aromatic carbocycles. The molecule has 2 aromatic rings. The van der Waals surface area contributed by atoms with Crippen LogP contribution in [0.15, 0.2) is 36.4 Å². The average Bonchev–Trinajstić information content (AvgIpc) is 2.97. The number of amides is 1. The van der Waals surface area contributed by atoms with E-state index < -0.39 is 4.92 Å². The topological polar surface area (TPSA) is 72.7 Å². The van der Waals surface area contributed by atoms with Crippen LogP contribution in [-0.4, -0.2) is 24.5 Å². The Labute approximate surface area is 133 Å². The minimum Gasteiger partial charge on any atom is -0.496 e. The largest absolute Gasteiger partial charge is 0.496 e. The summed E-state index contributed by atoms with van der Waals surface area (Å²) in [5.74, 6) is 0.186. The average molecular weight is 312 g/mol. The summed E-state index contributed by atoms with van der Waals surface area (Å²) < 4.78 is 5.27. The van der Waals surface area contributed by atoms with Crippen molar-refractivity contribution in [1.82, 2.24) is 0 Å². The first-order chi connectivity index (χ1) is 11.0. The smallest absolute Gasteiger partial charge is 0.293 e. The Morgan fingerprint density at radius 2 is 2.09 bits per heavy atom. The molecular weight excluding hydrogens is 296 g/mol. The molecule has 1 aliphatic rings. The maximum absolute atomic E-state index is 12.9. The Morgan fingerprint density at radius 3 is 2.78 bits per heavy atom. The van der Waals surface area contributed by atoms with Crippen LogP contribution in [0.2, 0.25) is 0 Å². The number of para-hydroxylation sites is 1. The molecule has 118 valence electrons. The molecule has 0 bridgehead atoms. The van der Waals surface area contributed by atoms with Gasteiger partial charge in [0.15, 0.2) is 0 Å². The van der Waals surface area contributed by atoms with Gasteiger partial charge in [0, 0.05) is 12.6 Å². The van der Waals surface area contributed by atoms with Crippen LogP contribution in [0, 0.1) is 17.0 Å². The fraction of sp³-hybridized carbons (Fsp3) is 0.235. The molecule has 0 aliphatic carbocycles. The third-order valence-corrected chi connectivity index (χ3v) is 4.00. The van der Waals surface area contributed by atoms with Crippen molar-refractivity contribution in [3.63, 3.8) is 0 Å². The monoisotopic (exact) mass is 312 g/mol. The van der Waals surface area contributed by atoms with Crippen molar-refractivity contribution >= 4 is 17.3 Å². The van der Waals surface area contributed by atoms with Crippen LogP contribution in [0.3, 0.4) is 0 Å². The molecule has 1 heterocycles. The zero-order valence-corrected chi connectivity index (χ0v) is 12.9. The van der Waals surface area contributed by atoms with Gasteiger partial charge in [-0.2, -0.15) is 0 Å². The lowest BCUT2D eigenvalue weighted by Crippen LogP contribution is -2.29. The molecule has 0 atom stereocenters. The van der Waals surface area contributed by atoms with E-state index >= 15 is 0 Å². The van der Waals surface area contributed by atoms with Gasteiger partial charge in [-0.25, -0.2) is 0 Å². The lowest BCUT2D eigenvalue weighted by Gasteiger charge is -2.19. The van der Waals surface area contributed by atoms with Gasteiger partial charge in [0.1, 0.15) is 11.4 Å². The maximum Gasteiger partial charge on any atom is 0.293 e. The Kier molecular flexibility index (Phi) is 3.73. The fourth-order valence-electron chi connectivity index (χ4n) is 2.92. The highest BCUT2D eigenvalue weighted by Crippen LogP contribution is 2.38. The Morgan fingerprint density at radius 1 is 1.30 bits per heavy atom. The molecule has 0 radical (unpaired) electrons. The molecule has 0 fully saturated rings. The number of nitro groups is 1. The van der Waals surface area contributed by atoms with E-state index in [1.165, 1.54) is 18.1 Å². The molecule has 0 saturated heterocycles. The first kappa shape index (κ1) is 15.0. The van der Waals surface area contributed by atoms with E-state index in [0.29, 0.717) is 30.0 Å². The Bertz CT molecular complexity index is 801. The van der Waals surface area contributed by atoms with E-state index in [0.717, 1.165) is 11.1 Å². The molecule has 0 spiro atoms. The number of rotatable bonds is 3. The fourth-order valence-corrected chi connectivity index (χ4v) is 2.92. The summed E-state index contributed by atoms with van der Waals surface area (Å²) in [6, 6.07) is 10.2. The summed E-state index contributed by atoms with van der Waals surface area (Å²) in [6.45, 7) is 2.31. The van der Waals surface area contributed by atoms with Crippen LogP contribution in [0.5, 0.6) is 5.75 Å². The summed E-state index contributed by atoms with van der Waals surface area (Å²) in [5, 5.41) is 11.3. The van der Waals surface area contributed by atoms with Gasteiger partial charge in [-0.1, -0.05) is 23.8 Å². The minimum absolute atomic E-state index is 0.0417. The second-order valence-corrected chi connectivity index (χ2v) is 5.45. The van der Waals surface area contributed by atoms with Crippen LogP contribution in [0.25, 0.3) is 0 Å². The van der Waals surface area contributed by atoms with Gasteiger partial charge in [0.05, 0.1) is 17.6 Å². The van der Waals surface area contributed by atoms with Crippen molar-refractivity contribution in [2.75, 3.05) is 18.6 Å². The van der Waals surface area contributed by atoms with Crippen LogP contribution in [0.4, 0.5) is 11.4 Å². The Hall–Kier alpha value is -2.89. The van der Waals surface area contributed by atoms with E-state index in [1.807, 2.05) is 19.1 Å². The molecule has 1 aliphatic heterocycles. The van der Waals surface area contributed by atoms with Gasteiger partial charge in [0.25, 0.3) is 11.6 Å². The number of methoxy groups -OCH3 is 1. The second-order valence-electron chi connectivity index (χ2n) is 5.45. The number of hydrogen-bond acceptors (Lipinski definition) is 4. The van der Waals surface area contributed by atoms with Crippen molar-refractivity contribution in [3.8, 4) is 5.75 Å². The lowest BCUT2D eigenvalue weighted by molar-refractivity contribution is -0.384. The van der Waals surface area contributed by atoms with Crippen LogP contribution in [0.1, 0.15) is 21.5 Å². The number of carbonyl (C=O) groups excluding carboxylic acids is 1. The normalized spacial score (nSPS) is 12.9. The van der Waals surface area contributed by atoms with Crippen molar-refractivity contribution in [1.29, 1.82) is 0 Å². The van der Waals surface area contributed by atoms with E-state index in [4.69, 9.17) is 4.74 Å². The quantitative estimate of drug-likeness (QED) is 0.645. The third-order valence-electron chi connectivity index (χ3n) is 4.00. The molecule has 0 unspecified atom stereocenters. The highest BCUT2D eigenvalue weighted by molar-refractivity contribution is 6.10. The molecule has 0 saturated carbocycles. The molecule has 0 aromatic heterocycles. The molecule has 6 nitrogen and oxygen atoms in total. The first-order valence-corrected chi connectivity index (χ1v) is 7.25. The third kappa shape index (κ3) is 2.52. The number of aryl methyl sites for hydroxylation is 1. The van der Waals surface area contributed by atoms with E-state index in [9.17, 15) is 14.9 Å². The Balaban J connectivity index is 2.08. The van der Waals surface area contributed by atoms with Crippen molar-refractivity contribution in [3.05, 3.63) is 63.2 Å². The van der Waals surface area contributed by atoms with Gasteiger partial charge >= 0.3 is 0 Å². The number of benzene rings is 2. The van der Waals surface area contributed by atoms with Gasteiger partial charge in [-0.15, -0.1) is 0 Å². The summed E-state index contributed by atoms with van der Waals surface area (Å²) in [5.41, 5.74) is 2.51. The zero-order valence-electron chi connectivity index (χ0n) is 12.9. The highest BCUT2D eigenvalue weighted by Gasteiger charge is 2.33. The van der Waals surface area contributed by atoms with E-state index in [1.54, 1.807) is 18.2 Å². The molecule has 3 rings (SSSR count). The van der Waals surface area contributed by atoms with Gasteiger partial charge < -0.3 is 9.64 Å². The lowest BCUT2D eigenvalue weighted by atomic mass is 10.1. The standard InChI is InChI=1S/C17H16N2O4/c1-11-6-7-15(23-2)13(10-11)17(20)18-9-8-12-4-3-5-14(16(12)18)19(21)22/h3-7,10H,8-9H2,1-2H3. The second kappa shape index (κ2) is 5.72. The van der Waals surface area contributed by atoms with Crippen molar-refractivity contribution in [2.45, 2.75) is 13.3 Å². The molecule has 0 N–H and O–H groups in total. The molecule has 1 amide bonds. The number of carbonyl (C=O) groups is 1. The van der Waals surface area contributed by atoms with E-state index in [-0.39, 0.29) is 11.6 Å². The highest BCUT2D eigenvalue weighted by atomic mass is 16.6. The van der Waals surface area contributed by atoms with Crippen molar-refractivity contribution in [2.24, 2.45) is 0 Å². The number of anilines is 1. The number of ether oxygens (including phenoxy) is 1. The number of hydrogen-bond donors (Lipinski definition) is 0. The molecule has 6 heteroatoms. The van der Waals surface area contributed by atoms with Gasteiger partial charge in [0.2, 0.25) is 0 Å². The van der Waals surface area contributed by atoms with Crippen LogP contribution >= 0.6 is 0 Å². The summed E-state index contributed by atoms with van der Waals surface area (Å²) in [7, 11) is 1.50. The minimum atomic E-state index is -0.447. The number of nitro benzene ring substituents is 1. The predicted molar refractivity (Wildman–Crippen MR) is 86.2 cm³/mol.